The number of rotatable bonds is 11. The number of hydrogen-bond donors (Lipinski definition) is 1. The third kappa shape index (κ3) is 8.03. The second-order valence-corrected chi connectivity index (χ2v) is 10.0. The highest BCUT2D eigenvalue weighted by Gasteiger charge is 2.17. The van der Waals surface area contributed by atoms with Crippen LogP contribution in [0.4, 0.5) is 5.69 Å². The van der Waals surface area contributed by atoms with E-state index in [9.17, 15) is 13.2 Å². The Balaban J connectivity index is 1.43. The molecular weight excluding hydrogens is 442 g/mol. The van der Waals surface area contributed by atoms with Gasteiger partial charge in [-0.1, -0.05) is 24.3 Å². The lowest BCUT2D eigenvalue weighted by atomic mass is 10.1. The maximum atomic E-state index is 12.3. The number of anilines is 1. The fourth-order valence-electron chi connectivity index (χ4n) is 3.69. The van der Waals surface area contributed by atoms with Crippen molar-refractivity contribution in [3.8, 4) is 5.75 Å². The zero-order valence-electron chi connectivity index (χ0n) is 19.3. The van der Waals surface area contributed by atoms with Gasteiger partial charge in [0.25, 0.3) is 0 Å². The van der Waals surface area contributed by atoms with Crippen LogP contribution in [0, 0.1) is 0 Å². The van der Waals surface area contributed by atoms with Gasteiger partial charge in [0.15, 0.2) is 0 Å². The monoisotopic (exact) mass is 475 g/mol. The van der Waals surface area contributed by atoms with E-state index in [1.807, 2.05) is 12.1 Å². The molecule has 2 aromatic rings. The first kappa shape index (κ1) is 25.0. The molecule has 0 radical (unpaired) electrons. The number of benzene rings is 2. The number of nitrogens with zero attached hydrogens (tertiary/aromatic N) is 2. The lowest BCUT2D eigenvalue weighted by molar-refractivity contribution is -0.121. The van der Waals surface area contributed by atoms with E-state index < -0.39 is 10.0 Å². The minimum Gasteiger partial charge on any atom is -0.497 e. The normalized spacial score (nSPS) is 14.6. The smallest absolute Gasteiger partial charge is 0.232 e. The van der Waals surface area contributed by atoms with Gasteiger partial charge in [-0.05, 0) is 41.8 Å². The standard InChI is InChI=1S/C24H33N3O5S/c1-31-23-11-9-22(10-12-23)27(33(2,29)30)13-3-4-24(28)25-18-20-5-7-21(8-6-20)19-26-14-16-32-17-15-26/h5-12H,3-4,13-19H2,1-2H3,(H,25,28). The van der Waals surface area contributed by atoms with Crippen molar-refractivity contribution in [1.82, 2.24) is 10.2 Å². The van der Waals surface area contributed by atoms with Gasteiger partial charge in [0.2, 0.25) is 15.9 Å². The SMILES string of the molecule is COc1ccc(N(CCCC(=O)NCc2ccc(CN3CCOCC3)cc2)S(C)(=O)=O)cc1. The van der Waals surface area contributed by atoms with Crippen molar-refractivity contribution < 1.29 is 22.7 Å². The Kier molecular flexibility index (Phi) is 9.11. The third-order valence-corrected chi connectivity index (χ3v) is 6.74. The molecule has 0 atom stereocenters. The summed E-state index contributed by atoms with van der Waals surface area (Å²) < 4.78 is 36.2. The summed E-state index contributed by atoms with van der Waals surface area (Å²) in [5, 5.41) is 2.92. The number of ether oxygens (including phenoxy) is 2. The highest BCUT2D eigenvalue weighted by atomic mass is 32.2. The van der Waals surface area contributed by atoms with Crippen molar-refractivity contribution in [2.75, 3.05) is 50.5 Å². The van der Waals surface area contributed by atoms with Gasteiger partial charge in [-0.3, -0.25) is 14.0 Å². The van der Waals surface area contributed by atoms with Gasteiger partial charge in [-0.25, -0.2) is 8.42 Å². The summed E-state index contributed by atoms with van der Waals surface area (Å²) in [7, 11) is -1.90. The van der Waals surface area contributed by atoms with Crippen molar-refractivity contribution in [2.24, 2.45) is 0 Å². The molecule has 0 saturated carbocycles. The summed E-state index contributed by atoms with van der Waals surface area (Å²) in [6.07, 6.45) is 1.83. The molecule has 1 heterocycles. The fourth-order valence-corrected chi connectivity index (χ4v) is 4.65. The zero-order chi connectivity index (χ0) is 23.7. The van der Waals surface area contributed by atoms with Crippen LogP contribution in [0.5, 0.6) is 5.75 Å². The van der Waals surface area contributed by atoms with Gasteiger partial charge in [0.1, 0.15) is 5.75 Å². The molecule has 1 saturated heterocycles. The first-order chi connectivity index (χ1) is 15.8. The summed E-state index contributed by atoms with van der Waals surface area (Å²) in [6.45, 7) is 5.05. The Bertz CT molecular complexity index is 988. The average Bonchev–Trinajstić information content (AvgIpc) is 2.81. The number of morpholine rings is 1. The predicted octanol–water partition coefficient (Wildman–Crippen LogP) is 2.39. The molecule has 180 valence electrons. The Morgan fingerprint density at radius 2 is 1.70 bits per heavy atom. The highest BCUT2D eigenvalue weighted by molar-refractivity contribution is 7.92. The number of methoxy groups -OCH3 is 1. The van der Waals surface area contributed by atoms with E-state index in [1.165, 1.54) is 16.1 Å². The van der Waals surface area contributed by atoms with Crippen molar-refractivity contribution in [3.05, 3.63) is 59.7 Å². The molecule has 0 aromatic heterocycles. The molecule has 9 heteroatoms. The van der Waals surface area contributed by atoms with E-state index in [0.717, 1.165) is 38.4 Å². The van der Waals surface area contributed by atoms with Gasteiger partial charge in [-0.15, -0.1) is 0 Å². The van der Waals surface area contributed by atoms with Crippen LogP contribution in [0.1, 0.15) is 24.0 Å². The van der Waals surface area contributed by atoms with E-state index in [1.54, 1.807) is 31.4 Å². The Morgan fingerprint density at radius 3 is 2.30 bits per heavy atom. The maximum absolute atomic E-state index is 12.3. The van der Waals surface area contributed by atoms with Crippen LogP contribution in [0.2, 0.25) is 0 Å². The van der Waals surface area contributed by atoms with Crippen LogP contribution in [0.15, 0.2) is 48.5 Å². The largest absolute Gasteiger partial charge is 0.497 e. The van der Waals surface area contributed by atoms with E-state index in [-0.39, 0.29) is 18.9 Å². The van der Waals surface area contributed by atoms with Crippen LogP contribution in [-0.4, -0.2) is 65.4 Å². The lowest BCUT2D eigenvalue weighted by Gasteiger charge is -2.26. The Hall–Kier alpha value is -2.62. The molecule has 0 unspecified atom stereocenters. The molecule has 2 aromatic carbocycles. The van der Waals surface area contributed by atoms with E-state index in [4.69, 9.17) is 9.47 Å². The summed E-state index contributed by atoms with van der Waals surface area (Å²) >= 11 is 0. The minimum atomic E-state index is -3.46. The van der Waals surface area contributed by atoms with Gasteiger partial charge >= 0.3 is 0 Å². The molecule has 1 amide bonds. The van der Waals surface area contributed by atoms with Crippen LogP contribution in [-0.2, 0) is 32.6 Å². The predicted molar refractivity (Wildman–Crippen MR) is 129 cm³/mol. The van der Waals surface area contributed by atoms with Crippen LogP contribution >= 0.6 is 0 Å². The minimum absolute atomic E-state index is 0.101. The fraction of sp³-hybridized carbons (Fsp3) is 0.458. The second-order valence-electron chi connectivity index (χ2n) is 8.12. The number of sulfonamides is 1. The molecule has 0 spiro atoms. The van der Waals surface area contributed by atoms with Gasteiger partial charge in [-0.2, -0.15) is 0 Å². The van der Waals surface area contributed by atoms with Crippen LogP contribution in [0.25, 0.3) is 0 Å². The molecule has 1 fully saturated rings. The third-order valence-electron chi connectivity index (χ3n) is 5.55. The molecule has 33 heavy (non-hydrogen) atoms. The number of hydrogen-bond acceptors (Lipinski definition) is 6. The van der Waals surface area contributed by atoms with Crippen molar-refractivity contribution in [3.63, 3.8) is 0 Å². The molecule has 1 aliphatic heterocycles. The number of amides is 1. The first-order valence-corrected chi connectivity index (χ1v) is 13.0. The van der Waals surface area contributed by atoms with E-state index in [2.05, 4.69) is 22.3 Å². The molecule has 0 bridgehead atoms. The molecule has 3 rings (SSSR count). The molecule has 0 aliphatic carbocycles. The van der Waals surface area contributed by atoms with E-state index >= 15 is 0 Å². The summed E-state index contributed by atoms with van der Waals surface area (Å²) in [6, 6.07) is 15.1. The first-order valence-electron chi connectivity index (χ1n) is 11.1. The van der Waals surface area contributed by atoms with Crippen LogP contribution in [0.3, 0.4) is 0 Å². The Morgan fingerprint density at radius 1 is 1.06 bits per heavy atom. The second kappa shape index (κ2) is 12.0. The molecule has 8 nitrogen and oxygen atoms in total. The number of nitrogens with one attached hydrogen (secondary N) is 1. The Labute approximate surface area is 196 Å². The lowest BCUT2D eigenvalue weighted by Crippen LogP contribution is -2.35. The number of carbonyl (C=O) groups excluding carboxylic acids is 1. The van der Waals surface area contributed by atoms with Crippen molar-refractivity contribution >= 4 is 21.6 Å². The molecule has 1 N–H and O–H groups in total. The summed E-state index contributed by atoms with van der Waals surface area (Å²) in [5.41, 5.74) is 2.83. The quantitative estimate of drug-likeness (QED) is 0.537. The van der Waals surface area contributed by atoms with E-state index in [0.29, 0.717) is 24.4 Å². The van der Waals surface area contributed by atoms with Gasteiger partial charge < -0.3 is 14.8 Å². The van der Waals surface area contributed by atoms with Crippen molar-refractivity contribution in [1.29, 1.82) is 0 Å². The summed E-state index contributed by atoms with van der Waals surface area (Å²) in [4.78, 5) is 14.7. The van der Waals surface area contributed by atoms with Crippen LogP contribution < -0.4 is 14.4 Å². The number of carbonyl (C=O) groups is 1. The maximum Gasteiger partial charge on any atom is 0.232 e. The highest BCUT2D eigenvalue weighted by Crippen LogP contribution is 2.22. The van der Waals surface area contributed by atoms with Gasteiger partial charge in [0.05, 0.1) is 32.3 Å². The molecular formula is C24H33N3O5S. The van der Waals surface area contributed by atoms with Crippen molar-refractivity contribution in [2.45, 2.75) is 25.9 Å². The van der Waals surface area contributed by atoms with Gasteiger partial charge in [0, 0.05) is 39.1 Å². The average molecular weight is 476 g/mol. The zero-order valence-corrected chi connectivity index (χ0v) is 20.1. The summed E-state index contributed by atoms with van der Waals surface area (Å²) in [5.74, 6) is 0.552. The molecule has 1 aliphatic rings. The topological polar surface area (TPSA) is 88.2 Å².